The van der Waals surface area contributed by atoms with Gasteiger partial charge in [-0.05, 0) is 37.6 Å². The zero-order valence-electron chi connectivity index (χ0n) is 16.7. The van der Waals surface area contributed by atoms with E-state index in [1.807, 2.05) is 20.8 Å². The van der Waals surface area contributed by atoms with Crippen LogP contribution in [0.5, 0.6) is 0 Å². The van der Waals surface area contributed by atoms with E-state index in [0.29, 0.717) is 0 Å². The number of amides is 1. The number of thiophene rings is 1. The highest BCUT2D eigenvalue weighted by Crippen LogP contribution is 2.24. The Morgan fingerprint density at radius 1 is 1.19 bits per heavy atom. The van der Waals surface area contributed by atoms with Crippen LogP contribution in [0.15, 0.2) is 16.3 Å². The van der Waals surface area contributed by atoms with Crippen LogP contribution in [-0.2, 0) is 19.5 Å². The molecule has 1 amide bonds. The minimum atomic E-state index is -3.96. The smallest absolute Gasteiger partial charge is 0.407 e. The first-order valence-corrected chi connectivity index (χ1v) is 10.7. The molecule has 10 heteroatoms. The molecule has 0 spiro atoms. The molecule has 8 nitrogen and oxygen atoms in total. The molecular formula is C17H28N2O6S2. The molecule has 0 radical (unpaired) electrons. The van der Waals surface area contributed by atoms with Crippen molar-refractivity contribution >= 4 is 33.4 Å². The normalized spacial score (nSPS) is 13.7. The van der Waals surface area contributed by atoms with Crippen molar-refractivity contribution in [1.82, 2.24) is 10.0 Å². The molecule has 0 aliphatic heterocycles. The highest BCUT2D eigenvalue weighted by Gasteiger charge is 2.31. The number of hydrogen-bond acceptors (Lipinski definition) is 7. The minimum Gasteiger partial charge on any atom is -0.465 e. The van der Waals surface area contributed by atoms with E-state index in [-0.39, 0.29) is 16.3 Å². The molecule has 0 bridgehead atoms. The topological polar surface area (TPSA) is 111 Å². The van der Waals surface area contributed by atoms with E-state index in [0.717, 1.165) is 11.3 Å². The highest BCUT2D eigenvalue weighted by molar-refractivity contribution is 7.89. The number of carbonyl (C=O) groups is 2. The summed E-state index contributed by atoms with van der Waals surface area (Å²) >= 11 is 0.982. The molecule has 1 rings (SSSR count). The van der Waals surface area contributed by atoms with Gasteiger partial charge in [0.25, 0.3) is 0 Å². The molecule has 154 valence electrons. The molecule has 0 aliphatic carbocycles. The van der Waals surface area contributed by atoms with Crippen molar-refractivity contribution in [3.05, 3.63) is 16.3 Å². The maximum absolute atomic E-state index is 12.6. The van der Waals surface area contributed by atoms with Gasteiger partial charge in [-0.25, -0.2) is 22.7 Å². The van der Waals surface area contributed by atoms with Gasteiger partial charge in [0, 0.05) is 6.54 Å². The van der Waals surface area contributed by atoms with Crippen LogP contribution in [-0.4, -0.2) is 45.8 Å². The van der Waals surface area contributed by atoms with Gasteiger partial charge in [-0.1, -0.05) is 20.8 Å². The number of nitrogens with one attached hydrogen (secondary N) is 2. The fourth-order valence-corrected chi connectivity index (χ4v) is 4.42. The molecule has 0 unspecified atom stereocenters. The number of ether oxygens (including phenoxy) is 2. The summed E-state index contributed by atoms with van der Waals surface area (Å²) in [7, 11) is -2.77. The lowest BCUT2D eigenvalue weighted by Crippen LogP contribution is -2.51. The summed E-state index contributed by atoms with van der Waals surface area (Å²) in [6.07, 6.45) is -0.632. The third kappa shape index (κ3) is 7.11. The SMILES string of the molecule is COC(=O)c1sccc1S(=O)(=O)NC[C@H](NC(=O)OC(C)(C)C)C(C)(C)C. The van der Waals surface area contributed by atoms with Gasteiger partial charge in [-0.15, -0.1) is 11.3 Å². The first-order valence-electron chi connectivity index (χ1n) is 8.32. The summed E-state index contributed by atoms with van der Waals surface area (Å²) in [5, 5.41) is 4.20. The number of hydrogen-bond donors (Lipinski definition) is 2. The zero-order chi connectivity index (χ0) is 21.0. The van der Waals surface area contributed by atoms with Crippen molar-refractivity contribution in [2.75, 3.05) is 13.7 Å². The Morgan fingerprint density at radius 3 is 2.26 bits per heavy atom. The number of sulfonamides is 1. The second kappa shape index (κ2) is 8.57. The van der Waals surface area contributed by atoms with E-state index in [1.165, 1.54) is 18.6 Å². The standard InChI is InChI=1S/C17H28N2O6S2/c1-16(2,3)12(19-15(21)25-17(4,5)6)10-18-27(22,23)11-8-9-26-13(11)14(20)24-7/h8-9,12,18H,10H2,1-7H3,(H,19,21)/t12-/m0/s1. The first kappa shape index (κ1) is 23.4. The van der Waals surface area contributed by atoms with Gasteiger partial charge in [0.2, 0.25) is 10.0 Å². The van der Waals surface area contributed by atoms with Crippen LogP contribution in [0.25, 0.3) is 0 Å². The van der Waals surface area contributed by atoms with Crippen LogP contribution >= 0.6 is 11.3 Å². The highest BCUT2D eigenvalue weighted by atomic mass is 32.2. The van der Waals surface area contributed by atoms with Crippen molar-refractivity contribution < 1.29 is 27.5 Å². The van der Waals surface area contributed by atoms with Gasteiger partial charge < -0.3 is 14.8 Å². The number of carbonyl (C=O) groups excluding carboxylic acids is 2. The molecule has 0 saturated heterocycles. The quantitative estimate of drug-likeness (QED) is 0.685. The maximum atomic E-state index is 12.6. The molecular weight excluding hydrogens is 392 g/mol. The molecule has 2 N–H and O–H groups in total. The largest absolute Gasteiger partial charge is 0.465 e. The van der Waals surface area contributed by atoms with Gasteiger partial charge in [-0.2, -0.15) is 0 Å². The summed E-state index contributed by atoms with van der Waals surface area (Å²) in [5.74, 6) is -0.718. The van der Waals surface area contributed by atoms with Gasteiger partial charge in [-0.3, -0.25) is 0 Å². The van der Waals surface area contributed by atoms with E-state index in [4.69, 9.17) is 4.74 Å². The van der Waals surface area contributed by atoms with Crippen LogP contribution < -0.4 is 10.0 Å². The van der Waals surface area contributed by atoms with Crippen molar-refractivity contribution in [2.24, 2.45) is 5.41 Å². The Kier molecular flexibility index (Phi) is 7.43. The Labute approximate surface area is 164 Å². The summed E-state index contributed by atoms with van der Waals surface area (Å²) in [4.78, 5) is 23.7. The predicted molar refractivity (Wildman–Crippen MR) is 103 cm³/mol. The molecule has 1 aromatic rings. The summed E-state index contributed by atoms with van der Waals surface area (Å²) in [6.45, 7) is 10.8. The van der Waals surface area contributed by atoms with Gasteiger partial charge in [0.15, 0.2) is 0 Å². The van der Waals surface area contributed by atoms with Gasteiger partial charge in [0.1, 0.15) is 15.4 Å². The molecule has 1 heterocycles. The van der Waals surface area contributed by atoms with Crippen molar-refractivity contribution in [1.29, 1.82) is 0 Å². The van der Waals surface area contributed by atoms with Gasteiger partial charge in [0.05, 0.1) is 13.2 Å². The van der Waals surface area contributed by atoms with Crippen molar-refractivity contribution in [3.63, 3.8) is 0 Å². The first-order chi connectivity index (χ1) is 12.2. The molecule has 0 aromatic carbocycles. The molecule has 27 heavy (non-hydrogen) atoms. The summed E-state index contributed by atoms with van der Waals surface area (Å²) in [5.41, 5.74) is -1.11. The van der Waals surface area contributed by atoms with Crippen LogP contribution in [0.2, 0.25) is 0 Å². The predicted octanol–water partition coefficient (Wildman–Crippen LogP) is 2.75. The second-order valence-electron chi connectivity index (χ2n) is 8.02. The van der Waals surface area contributed by atoms with Crippen molar-refractivity contribution in [2.45, 2.75) is 58.1 Å². The van der Waals surface area contributed by atoms with Crippen LogP contribution in [0, 0.1) is 5.41 Å². The van der Waals surface area contributed by atoms with E-state index in [1.54, 1.807) is 20.8 Å². The minimum absolute atomic E-state index is 0.00240. The van der Waals surface area contributed by atoms with E-state index < -0.39 is 39.1 Å². The average Bonchev–Trinajstić information content (AvgIpc) is 2.98. The zero-order valence-corrected chi connectivity index (χ0v) is 18.3. The third-order valence-corrected chi connectivity index (χ3v) is 5.99. The molecule has 1 atom stereocenters. The lowest BCUT2D eigenvalue weighted by atomic mass is 9.87. The van der Waals surface area contributed by atoms with E-state index >= 15 is 0 Å². The van der Waals surface area contributed by atoms with Gasteiger partial charge >= 0.3 is 12.1 Å². The third-order valence-electron chi connectivity index (χ3n) is 3.50. The van der Waals surface area contributed by atoms with Crippen LogP contribution in [0.1, 0.15) is 51.2 Å². The Morgan fingerprint density at radius 2 is 1.78 bits per heavy atom. The average molecular weight is 421 g/mol. The van der Waals surface area contributed by atoms with E-state index in [9.17, 15) is 18.0 Å². The fraction of sp³-hybridized carbons (Fsp3) is 0.647. The molecule has 0 saturated carbocycles. The van der Waals surface area contributed by atoms with E-state index in [2.05, 4.69) is 14.8 Å². The number of methoxy groups -OCH3 is 1. The Hall–Kier alpha value is -1.65. The Balaban J connectivity index is 2.94. The second-order valence-corrected chi connectivity index (χ2v) is 10.7. The number of esters is 1. The van der Waals surface area contributed by atoms with Crippen LogP contribution in [0.4, 0.5) is 4.79 Å². The fourth-order valence-electron chi connectivity index (χ4n) is 2.04. The molecule has 1 aromatic heterocycles. The Bertz CT molecular complexity index is 772. The number of alkyl carbamates (subject to hydrolysis) is 1. The molecule has 0 fully saturated rings. The number of rotatable bonds is 6. The summed E-state index contributed by atoms with van der Waals surface area (Å²) in [6, 6.07) is 0.800. The molecule has 0 aliphatic rings. The summed E-state index contributed by atoms with van der Waals surface area (Å²) < 4.78 is 37.6. The van der Waals surface area contributed by atoms with Crippen molar-refractivity contribution in [3.8, 4) is 0 Å². The lowest BCUT2D eigenvalue weighted by Gasteiger charge is -2.32. The lowest BCUT2D eigenvalue weighted by molar-refractivity contribution is 0.0465. The monoisotopic (exact) mass is 420 g/mol. The van der Waals surface area contributed by atoms with Crippen LogP contribution in [0.3, 0.4) is 0 Å². The maximum Gasteiger partial charge on any atom is 0.407 e.